The number of phosphoric acid groups is 1. The zero-order valence-corrected chi connectivity index (χ0v) is 27.2. The quantitative estimate of drug-likeness (QED) is 0.147. The predicted molar refractivity (Wildman–Crippen MR) is 186 cm³/mol. The molecule has 1 heterocycles. The van der Waals surface area contributed by atoms with E-state index in [-0.39, 0.29) is 5.75 Å². The number of para-hydroxylation sites is 4. The minimum Gasteiger partial charge on any atom is -0.452 e. The second-order valence-corrected chi connectivity index (χ2v) is 15.0. The zero-order valence-electron chi connectivity index (χ0n) is 25.4. The Hall–Kier alpha value is -4.82. The number of hydrogen-bond acceptors (Lipinski definition) is 5. The maximum absolute atomic E-state index is 14.4. The first kappa shape index (κ1) is 29.9. The molecule has 6 aromatic carbocycles. The number of fused-ring (bicyclic) bond motifs is 2. The number of hydrogen-bond donors (Lipinski definition) is 0. The van der Waals surface area contributed by atoms with Gasteiger partial charge in [0, 0.05) is 21.8 Å². The van der Waals surface area contributed by atoms with Crippen molar-refractivity contribution in [3.05, 3.63) is 169 Å². The van der Waals surface area contributed by atoms with Gasteiger partial charge in [-0.25, -0.2) is 0 Å². The van der Waals surface area contributed by atoms with Crippen molar-refractivity contribution in [1.29, 1.82) is 0 Å². The first-order valence-corrected chi connectivity index (χ1v) is 17.9. The molecule has 1 aliphatic rings. The third kappa shape index (κ3) is 5.93. The normalized spacial score (nSPS) is 13.2. The van der Waals surface area contributed by atoms with Gasteiger partial charge >= 0.3 is 7.82 Å². The van der Waals surface area contributed by atoms with Gasteiger partial charge in [0.25, 0.3) is 0 Å². The van der Waals surface area contributed by atoms with Crippen LogP contribution >= 0.6 is 15.7 Å². The minimum absolute atomic E-state index is 0.268. The van der Waals surface area contributed by atoms with Crippen LogP contribution in [-0.2, 0) is 9.98 Å². The van der Waals surface area contributed by atoms with E-state index in [0.29, 0.717) is 17.2 Å². The molecule has 228 valence electrons. The standard InChI is InChI=1S/C39H32O5P2/c1-39(2)33-25-15-27-35(44-46(40,42-29-17-7-3-8-18-29)43-30-19-9-4-10-20-30)37(33)41-38-34(39)26-16-28-36(38)45(31-21-11-5-12-22-31)32-23-13-6-14-24-32/h3-28H,1-2H3. The summed E-state index contributed by atoms with van der Waals surface area (Å²) in [6.07, 6.45) is 0. The Balaban J connectivity index is 1.34. The van der Waals surface area contributed by atoms with E-state index in [9.17, 15) is 4.57 Å². The summed E-state index contributed by atoms with van der Waals surface area (Å²) in [6.45, 7) is 4.35. The molecule has 7 rings (SSSR count). The number of phosphoric ester groups is 1. The van der Waals surface area contributed by atoms with E-state index >= 15 is 0 Å². The van der Waals surface area contributed by atoms with E-state index in [4.69, 9.17) is 18.3 Å². The van der Waals surface area contributed by atoms with Crippen LogP contribution in [0.5, 0.6) is 28.7 Å². The molecule has 0 saturated carbocycles. The van der Waals surface area contributed by atoms with Crippen LogP contribution in [-0.4, -0.2) is 0 Å². The second kappa shape index (κ2) is 12.5. The smallest absolute Gasteiger partial charge is 0.452 e. The molecule has 7 heteroatoms. The third-order valence-corrected chi connectivity index (χ3v) is 11.7. The highest BCUT2D eigenvalue weighted by molar-refractivity contribution is 7.80. The van der Waals surface area contributed by atoms with Crippen molar-refractivity contribution in [3.63, 3.8) is 0 Å². The van der Waals surface area contributed by atoms with Crippen molar-refractivity contribution in [3.8, 4) is 28.7 Å². The Morgan fingerprint density at radius 1 is 0.522 bits per heavy atom. The molecule has 0 atom stereocenters. The minimum atomic E-state index is -4.26. The molecular formula is C39H32O5P2. The molecule has 5 nitrogen and oxygen atoms in total. The lowest BCUT2D eigenvalue weighted by Crippen LogP contribution is -2.30. The van der Waals surface area contributed by atoms with E-state index in [1.54, 1.807) is 54.6 Å². The summed E-state index contributed by atoms with van der Waals surface area (Å²) < 4.78 is 39.5. The largest absolute Gasteiger partial charge is 0.647 e. The van der Waals surface area contributed by atoms with Crippen LogP contribution in [0.25, 0.3) is 0 Å². The SMILES string of the molecule is CC1(C)c2cccc(OP(=O)(Oc3ccccc3)Oc3ccccc3)c2Oc2c(P(c3ccccc3)c3ccccc3)cccc21. The molecule has 0 radical (unpaired) electrons. The van der Waals surface area contributed by atoms with Crippen molar-refractivity contribution in [1.82, 2.24) is 0 Å². The Bertz CT molecular complexity index is 1910. The van der Waals surface area contributed by atoms with E-state index in [1.165, 1.54) is 10.6 Å². The molecule has 46 heavy (non-hydrogen) atoms. The predicted octanol–water partition coefficient (Wildman–Crippen LogP) is 9.52. The van der Waals surface area contributed by atoms with Gasteiger partial charge < -0.3 is 18.3 Å². The number of benzene rings is 6. The highest BCUT2D eigenvalue weighted by Gasteiger charge is 2.41. The van der Waals surface area contributed by atoms with Crippen LogP contribution < -0.4 is 34.2 Å². The van der Waals surface area contributed by atoms with Crippen LogP contribution in [0.4, 0.5) is 0 Å². The topological polar surface area (TPSA) is 54.0 Å². The molecule has 0 N–H and O–H groups in total. The van der Waals surface area contributed by atoms with Gasteiger partial charge in [0.15, 0.2) is 11.5 Å². The van der Waals surface area contributed by atoms with Gasteiger partial charge in [0.2, 0.25) is 0 Å². The van der Waals surface area contributed by atoms with Crippen LogP contribution in [0.1, 0.15) is 25.0 Å². The van der Waals surface area contributed by atoms with Gasteiger partial charge in [-0.15, -0.1) is 0 Å². The molecule has 6 aromatic rings. The summed E-state index contributed by atoms with van der Waals surface area (Å²) in [7, 11) is -5.22. The molecule has 0 spiro atoms. The molecule has 0 saturated heterocycles. The molecule has 0 fully saturated rings. The second-order valence-electron chi connectivity index (χ2n) is 11.4. The van der Waals surface area contributed by atoms with Gasteiger partial charge in [0.1, 0.15) is 17.2 Å². The Labute approximate surface area is 270 Å². The summed E-state index contributed by atoms with van der Waals surface area (Å²) in [6, 6.07) is 50.9. The van der Waals surface area contributed by atoms with Crippen molar-refractivity contribution in [2.24, 2.45) is 0 Å². The first-order chi connectivity index (χ1) is 22.4. The Morgan fingerprint density at radius 3 is 1.50 bits per heavy atom. The maximum Gasteiger partial charge on any atom is 0.647 e. The molecule has 0 bridgehead atoms. The Morgan fingerprint density at radius 2 is 0.978 bits per heavy atom. The van der Waals surface area contributed by atoms with Crippen molar-refractivity contribution >= 4 is 31.7 Å². The number of ether oxygens (including phenoxy) is 1. The van der Waals surface area contributed by atoms with E-state index in [2.05, 4.69) is 80.6 Å². The van der Waals surface area contributed by atoms with Gasteiger partial charge in [-0.1, -0.05) is 141 Å². The fraction of sp³-hybridized carbons (Fsp3) is 0.0769. The van der Waals surface area contributed by atoms with Crippen LogP contribution in [0.15, 0.2) is 158 Å². The molecule has 0 unspecified atom stereocenters. The lowest BCUT2D eigenvalue weighted by atomic mass is 9.75. The molecule has 0 aliphatic carbocycles. The molecule has 1 aliphatic heterocycles. The average Bonchev–Trinajstić information content (AvgIpc) is 3.07. The Kier molecular flexibility index (Phi) is 8.13. The van der Waals surface area contributed by atoms with Crippen LogP contribution in [0.2, 0.25) is 0 Å². The summed E-state index contributed by atoms with van der Waals surface area (Å²) in [4.78, 5) is 0. The molecule has 0 aromatic heterocycles. The third-order valence-electron chi connectivity index (χ3n) is 7.92. The highest BCUT2D eigenvalue weighted by Crippen LogP contribution is 2.57. The monoisotopic (exact) mass is 642 g/mol. The van der Waals surface area contributed by atoms with Crippen molar-refractivity contribution in [2.45, 2.75) is 19.3 Å². The summed E-state index contributed by atoms with van der Waals surface area (Å²) in [5.41, 5.74) is 1.51. The zero-order chi connectivity index (χ0) is 31.6. The van der Waals surface area contributed by atoms with E-state index in [0.717, 1.165) is 22.2 Å². The van der Waals surface area contributed by atoms with Gasteiger partial charge in [-0.2, -0.15) is 4.57 Å². The highest BCUT2D eigenvalue weighted by atomic mass is 31.2. The fourth-order valence-electron chi connectivity index (χ4n) is 5.71. The fourth-order valence-corrected chi connectivity index (χ4v) is 9.37. The number of rotatable bonds is 9. The molecular weight excluding hydrogens is 610 g/mol. The van der Waals surface area contributed by atoms with Crippen LogP contribution in [0, 0.1) is 0 Å². The molecule has 0 amide bonds. The first-order valence-electron chi connectivity index (χ1n) is 15.1. The van der Waals surface area contributed by atoms with Crippen LogP contribution in [0.3, 0.4) is 0 Å². The average molecular weight is 643 g/mol. The van der Waals surface area contributed by atoms with Crippen molar-refractivity contribution in [2.75, 3.05) is 0 Å². The van der Waals surface area contributed by atoms with E-state index in [1.807, 2.05) is 36.4 Å². The maximum atomic E-state index is 14.4. The van der Waals surface area contributed by atoms with E-state index < -0.39 is 21.2 Å². The summed E-state index contributed by atoms with van der Waals surface area (Å²) in [5.74, 6) is 2.24. The van der Waals surface area contributed by atoms with Gasteiger partial charge in [0.05, 0.1) is 0 Å². The summed E-state index contributed by atoms with van der Waals surface area (Å²) >= 11 is 0. The lowest BCUT2D eigenvalue weighted by molar-refractivity contribution is 0.291. The van der Waals surface area contributed by atoms with Gasteiger partial charge in [-0.05, 0) is 48.9 Å². The van der Waals surface area contributed by atoms with Gasteiger partial charge in [-0.3, -0.25) is 0 Å². The lowest BCUT2D eigenvalue weighted by Gasteiger charge is -2.37. The van der Waals surface area contributed by atoms with Crippen molar-refractivity contribution < 1.29 is 22.9 Å². The summed E-state index contributed by atoms with van der Waals surface area (Å²) in [5, 5.41) is 3.51.